The van der Waals surface area contributed by atoms with Gasteiger partial charge in [0.15, 0.2) is 17.5 Å². The molecule has 2 aliphatic heterocycles. The number of amides is 1. The fraction of sp³-hybridized carbons (Fsp3) is 0.438. The Kier molecular flexibility index (Phi) is 3.95. The monoisotopic (exact) mass is 311 g/mol. The van der Waals surface area contributed by atoms with Crippen LogP contribution < -0.4 is 0 Å². The van der Waals surface area contributed by atoms with Crippen molar-refractivity contribution in [3.05, 3.63) is 46.8 Å². The number of carbonyl (C=O) groups is 1. The van der Waals surface area contributed by atoms with E-state index in [1.54, 1.807) is 17.9 Å². The van der Waals surface area contributed by atoms with Gasteiger partial charge in [0, 0.05) is 5.57 Å². The number of fused-ring (bicyclic) bond motifs is 1. The highest BCUT2D eigenvalue weighted by molar-refractivity contribution is 5.94. The molecule has 2 fully saturated rings. The molecule has 1 amide bonds. The third-order valence-corrected chi connectivity index (χ3v) is 4.31. The van der Waals surface area contributed by atoms with Crippen molar-refractivity contribution < 1.29 is 22.7 Å². The Balaban J connectivity index is 2.00. The number of allylic oxidation sites excluding steroid dienone is 1. The highest BCUT2D eigenvalue weighted by Gasteiger charge is 2.40. The van der Waals surface area contributed by atoms with E-state index >= 15 is 0 Å². The molecule has 0 saturated carbocycles. The molecule has 3 nitrogen and oxygen atoms in total. The van der Waals surface area contributed by atoms with Gasteiger partial charge in [-0.05, 0) is 37.5 Å². The van der Waals surface area contributed by atoms with Crippen LogP contribution in [-0.4, -0.2) is 30.1 Å². The third-order valence-electron chi connectivity index (χ3n) is 4.31. The molecule has 1 aromatic rings. The van der Waals surface area contributed by atoms with E-state index in [9.17, 15) is 18.0 Å². The summed E-state index contributed by atoms with van der Waals surface area (Å²) >= 11 is 0. The van der Waals surface area contributed by atoms with E-state index in [0.717, 1.165) is 18.6 Å². The predicted molar refractivity (Wildman–Crippen MR) is 73.5 cm³/mol. The molecule has 22 heavy (non-hydrogen) atoms. The summed E-state index contributed by atoms with van der Waals surface area (Å²) < 4.78 is 45.6. The molecule has 0 spiro atoms. The fourth-order valence-corrected chi connectivity index (χ4v) is 3.15. The number of hydrogen-bond donors (Lipinski definition) is 0. The lowest BCUT2D eigenvalue weighted by Crippen LogP contribution is -2.53. The van der Waals surface area contributed by atoms with Crippen molar-refractivity contribution in [3.63, 3.8) is 0 Å². The molecule has 1 aromatic carbocycles. The summed E-state index contributed by atoms with van der Waals surface area (Å²) in [7, 11) is 0. The second kappa shape index (κ2) is 5.76. The molecule has 6 heteroatoms. The summed E-state index contributed by atoms with van der Waals surface area (Å²) in [4.78, 5) is 14.2. The smallest absolute Gasteiger partial charge is 0.250 e. The van der Waals surface area contributed by atoms with Crippen LogP contribution in [-0.2, 0) is 9.53 Å². The van der Waals surface area contributed by atoms with Crippen LogP contribution in [0.3, 0.4) is 0 Å². The first-order valence-corrected chi connectivity index (χ1v) is 7.23. The van der Waals surface area contributed by atoms with Gasteiger partial charge >= 0.3 is 0 Å². The molecule has 0 radical (unpaired) electrons. The zero-order valence-corrected chi connectivity index (χ0v) is 12.1. The van der Waals surface area contributed by atoms with Gasteiger partial charge in [0.1, 0.15) is 0 Å². The number of halogens is 3. The number of benzene rings is 1. The Morgan fingerprint density at radius 1 is 1.23 bits per heavy atom. The molecule has 2 saturated heterocycles. The van der Waals surface area contributed by atoms with Crippen molar-refractivity contribution in [2.45, 2.75) is 31.8 Å². The topological polar surface area (TPSA) is 29.5 Å². The highest BCUT2D eigenvalue weighted by Crippen LogP contribution is 2.35. The summed E-state index contributed by atoms with van der Waals surface area (Å²) in [5.41, 5.74) is 0.901. The number of rotatable bonds is 1. The van der Waals surface area contributed by atoms with Crippen LogP contribution in [0.25, 0.3) is 0 Å². The zero-order chi connectivity index (χ0) is 15.9. The molecular weight excluding hydrogens is 295 g/mol. The van der Waals surface area contributed by atoms with Gasteiger partial charge in [-0.15, -0.1) is 0 Å². The minimum Gasteiger partial charge on any atom is -0.377 e. The van der Waals surface area contributed by atoms with Gasteiger partial charge in [-0.1, -0.05) is 6.08 Å². The summed E-state index contributed by atoms with van der Waals surface area (Å²) in [6.45, 7) is 2.34. The quantitative estimate of drug-likeness (QED) is 0.589. The van der Waals surface area contributed by atoms with E-state index in [4.69, 9.17) is 4.74 Å². The second-order valence-electron chi connectivity index (χ2n) is 5.57. The van der Waals surface area contributed by atoms with Crippen LogP contribution in [0.15, 0.2) is 23.8 Å². The lowest BCUT2D eigenvalue weighted by Gasteiger charge is -2.45. The Labute approximate surface area is 126 Å². The van der Waals surface area contributed by atoms with Gasteiger partial charge < -0.3 is 9.64 Å². The van der Waals surface area contributed by atoms with Crippen LogP contribution in [0.4, 0.5) is 13.2 Å². The molecule has 3 rings (SSSR count). The van der Waals surface area contributed by atoms with Crippen molar-refractivity contribution >= 4 is 5.91 Å². The van der Waals surface area contributed by atoms with Crippen LogP contribution in [0, 0.1) is 17.5 Å². The second-order valence-corrected chi connectivity index (χ2v) is 5.57. The fourth-order valence-electron chi connectivity index (χ4n) is 3.15. The molecule has 0 bridgehead atoms. The van der Waals surface area contributed by atoms with Crippen molar-refractivity contribution in [2.75, 3.05) is 13.2 Å². The van der Waals surface area contributed by atoms with E-state index in [1.807, 2.05) is 0 Å². The van der Waals surface area contributed by atoms with Crippen molar-refractivity contribution in [2.24, 2.45) is 0 Å². The average Bonchev–Trinajstić information content (AvgIpc) is 2.52. The van der Waals surface area contributed by atoms with Crippen molar-refractivity contribution in [1.29, 1.82) is 0 Å². The number of nitrogens with zero attached hydrogens (tertiary/aromatic N) is 1. The van der Waals surface area contributed by atoms with E-state index in [0.29, 0.717) is 18.6 Å². The van der Waals surface area contributed by atoms with Gasteiger partial charge in [-0.2, -0.15) is 0 Å². The minimum absolute atomic E-state index is 0.119. The number of carbonyl (C=O) groups excluding carboxylic acids is 1. The summed E-state index contributed by atoms with van der Waals surface area (Å²) in [6, 6.07) is 1.15. The lowest BCUT2D eigenvalue weighted by atomic mass is 9.91. The van der Waals surface area contributed by atoms with Gasteiger partial charge in [0.2, 0.25) is 5.91 Å². The van der Waals surface area contributed by atoms with Gasteiger partial charge in [-0.3, -0.25) is 4.79 Å². The minimum atomic E-state index is -1.50. The maximum absolute atomic E-state index is 13.5. The van der Waals surface area contributed by atoms with E-state index in [2.05, 4.69) is 0 Å². The summed E-state index contributed by atoms with van der Waals surface area (Å²) in [5.74, 6) is -4.16. The maximum Gasteiger partial charge on any atom is 0.250 e. The normalized spacial score (nSPS) is 27.2. The molecule has 0 aliphatic carbocycles. The standard InChI is InChI=1S/C16H16F3NO2/c1-2-9-3-4-11-7-22-8-14(20(11)16(9)21)10-5-12(17)15(19)13(18)6-10/h2,5-6,11,14H,3-4,7-8H2,1H3/t11-,14-/m0/s1. The van der Waals surface area contributed by atoms with Gasteiger partial charge in [-0.25, -0.2) is 13.2 Å². The molecule has 2 aliphatic rings. The van der Waals surface area contributed by atoms with Crippen LogP contribution in [0.5, 0.6) is 0 Å². The Hall–Kier alpha value is -1.82. The number of morpholine rings is 1. The van der Waals surface area contributed by atoms with E-state index < -0.39 is 23.5 Å². The number of piperidine rings is 1. The Morgan fingerprint density at radius 2 is 1.91 bits per heavy atom. The number of ether oxygens (including phenoxy) is 1. The molecule has 0 unspecified atom stereocenters. The predicted octanol–water partition coefficient (Wildman–Crippen LogP) is 3.11. The molecule has 2 heterocycles. The van der Waals surface area contributed by atoms with Crippen molar-refractivity contribution in [3.8, 4) is 0 Å². The summed E-state index contributed by atoms with van der Waals surface area (Å²) in [6.07, 6.45) is 3.17. The van der Waals surface area contributed by atoms with Crippen LogP contribution >= 0.6 is 0 Å². The number of hydrogen-bond acceptors (Lipinski definition) is 2. The van der Waals surface area contributed by atoms with Crippen LogP contribution in [0.1, 0.15) is 31.4 Å². The lowest BCUT2D eigenvalue weighted by molar-refractivity contribution is -0.145. The molecule has 0 aromatic heterocycles. The Morgan fingerprint density at radius 3 is 2.55 bits per heavy atom. The first-order valence-electron chi connectivity index (χ1n) is 7.23. The molecule has 118 valence electrons. The van der Waals surface area contributed by atoms with Gasteiger partial charge in [0.25, 0.3) is 0 Å². The largest absolute Gasteiger partial charge is 0.377 e. The SMILES string of the molecule is CC=C1CC[C@H]2COC[C@@H](c3cc(F)c(F)c(F)c3)N2C1=O. The third kappa shape index (κ3) is 2.41. The molecule has 0 N–H and O–H groups in total. The average molecular weight is 311 g/mol. The van der Waals surface area contributed by atoms with Gasteiger partial charge in [0.05, 0.1) is 25.3 Å². The highest BCUT2D eigenvalue weighted by atomic mass is 19.2. The summed E-state index contributed by atoms with van der Waals surface area (Å²) in [5, 5.41) is 0. The van der Waals surface area contributed by atoms with Crippen molar-refractivity contribution in [1.82, 2.24) is 4.90 Å². The zero-order valence-electron chi connectivity index (χ0n) is 12.1. The Bertz CT molecular complexity index is 621. The maximum atomic E-state index is 13.5. The van der Waals surface area contributed by atoms with Crippen LogP contribution in [0.2, 0.25) is 0 Å². The molecule has 2 atom stereocenters. The van der Waals surface area contributed by atoms with E-state index in [1.165, 1.54) is 0 Å². The molecular formula is C16H16F3NO2. The van der Waals surface area contributed by atoms with E-state index in [-0.39, 0.29) is 24.1 Å². The first-order chi connectivity index (χ1) is 10.5. The first kappa shape index (κ1) is 15.1.